The molecule has 29 heavy (non-hydrogen) atoms. The molecule has 2 aromatic heterocycles. The molecule has 0 aliphatic heterocycles. The molecule has 8 nitrogen and oxygen atoms in total. The SMILES string of the molecule is COc1cc(-c2nccc3nc(Nc4cccc(Br)c4)nn23)cc(OC)c1OC. The third kappa shape index (κ3) is 3.68. The molecule has 0 spiro atoms. The largest absolute Gasteiger partial charge is 0.493 e. The Labute approximate surface area is 175 Å². The van der Waals surface area contributed by atoms with Crippen molar-refractivity contribution in [2.75, 3.05) is 26.6 Å². The van der Waals surface area contributed by atoms with E-state index in [9.17, 15) is 0 Å². The molecular weight excluding hydrogens is 438 g/mol. The standard InChI is InChI=1S/C20H18BrN5O3/c1-27-15-9-12(10-16(28-2)18(15)29-3)19-22-8-7-17-24-20(25-26(17)19)23-14-6-4-5-13(21)11-14/h4-11H,1-3H3,(H,23,25). The van der Waals surface area contributed by atoms with E-state index in [2.05, 4.69) is 36.3 Å². The number of nitrogens with one attached hydrogen (secondary N) is 1. The lowest BCUT2D eigenvalue weighted by Gasteiger charge is -2.14. The predicted molar refractivity (Wildman–Crippen MR) is 113 cm³/mol. The molecule has 0 aliphatic rings. The van der Waals surface area contributed by atoms with Gasteiger partial charge in [0.2, 0.25) is 11.7 Å². The first-order chi connectivity index (χ1) is 14.1. The first-order valence-electron chi connectivity index (χ1n) is 8.67. The average molecular weight is 456 g/mol. The van der Waals surface area contributed by atoms with Crippen LogP contribution in [0.2, 0.25) is 0 Å². The second-order valence-corrected chi connectivity index (χ2v) is 6.94. The molecular formula is C20H18BrN5O3. The first kappa shape index (κ1) is 19.0. The Bertz CT molecular complexity index is 1150. The molecule has 0 atom stereocenters. The Morgan fingerprint density at radius 3 is 2.38 bits per heavy atom. The summed E-state index contributed by atoms with van der Waals surface area (Å²) in [5, 5.41) is 7.78. The van der Waals surface area contributed by atoms with Gasteiger partial charge in [-0.15, -0.1) is 5.10 Å². The van der Waals surface area contributed by atoms with Crippen molar-refractivity contribution >= 4 is 33.2 Å². The normalized spacial score (nSPS) is 10.8. The number of methoxy groups -OCH3 is 3. The zero-order chi connectivity index (χ0) is 20.4. The molecule has 1 N–H and O–H groups in total. The van der Waals surface area contributed by atoms with Gasteiger partial charge >= 0.3 is 0 Å². The van der Waals surface area contributed by atoms with E-state index >= 15 is 0 Å². The molecule has 4 rings (SSSR count). The van der Waals surface area contributed by atoms with Crippen molar-refractivity contribution in [1.82, 2.24) is 19.6 Å². The number of aromatic nitrogens is 4. The van der Waals surface area contributed by atoms with Crippen LogP contribution in [0.1, 0.15) is 0 Å². The van der Waals surface area contributed by atoms with Gasteiger partial charge in [-0.1, -0.05) is 22.0 Å². The number of fused-ring (bicyclic) bond motifs is 1. The van der Waals surface area contributed by atoms with Gasteiger partial charge in [0, 0.05) is 28.0 Å². The minimum atomic E-state index is 0.463. The Morgan fingerprint density at radius 1 is 0.966 bits per heavy atom. The number of ether oxygens (including phenoxy) is 3. The molecule has 0 saturated heterocycles. The third-order valence-corrected chi connectivity index (χ3v) is 4.75. The van der Waals surface area contributed by atoms with Crippen LogP contribution in [-0.2, 0) is 0 Å². The Hall–Kier alpha value is -3.33. The van der Waals surface area contributed by atoms with Crippen molar-refractivity contribution in [2.45, 2.75) is 0 Å². The average Bonchev–Trinajstić information content (AvgIpc) is 3.14. The Morgan fingerprint density at radius 2 is 1.72 bits per heavy atom. The van der Waals surface area contributed by atoms with Crippen LogP contribution in [0, 0.1) is 0 Å². The van der Waals surface area contributed by atoms with Crippen molar-refractivity contribution in [1.29, 1.82) is 0 Å². The maximum atomic E-state index is 5.45. The highest BCUT2D eigenvalue weighted by Crippen LogP contribution is 2.40. The lowest BCUT2D eigenvalue weighted by Crippen LogP contribution is -2.00. The minimum absolute atomic E-state index is 0.463. The maximum Gasteiger partial charge on any atom is 0.247 e. The van der Waals surface area contributed by atoms with Crippen LogP contribution in [-0.4, -0.2) is 40.9 Å². The number of rotatable bonds is 6. The van der Waals surface area contributed by atoms with E-state index in [1.165, 1.54) is 0 Å². The summed E-state index contributed by atoms with van der Waals surface area (Å²) in [4.78, 5) is 9.03. The van der Waals surface area contributed by atoms with E-state index < -0.39 is 0 Å². The van der Waals surface area contributed by atoms with E-state index in [1.807, 2.05) is 36.4 Å². The van der Waals surface area contributed by atoms with E-state index in [-0.39, 0.29) is 0 Å². The second kappa shape index (κ2) is 7.96. The van der Waals surface area contributed by atoms with Gasteiger partial charge in [-0.3, -0.25) is 0 Å². The molecule has 9 heteroatoms. The van der Waals surface area contributed by atoms with Crippen molar-refractivity contribution in [3.8, 4) is 28.6 Å². The summed E-state index contributed by atoms with van der Waals surface area (Å²) in [6.45, 7) is 0. The quantitative estimate of drug-likeness (QED) is 0.463. The van der Waals surface area contributed by atoms with Gasteiger partial charge < -0.3 is 19.5 Å². The van der Waals surface area contributed by atoms with Crippen LogP contribution in [0.25, 0.3) is 17.0 Å². The fraction of sp³-hybridized carbons (Fsp3) is 0.150. The topological polar surface area (TPSA) is 82.8 Å². The molecule has 0 unspecified atom stereocenters. The van der Waals surface area contributed by atoms with E-state index in [1.54, 1.807) is 38.1 Å². The molecule has 0 fully saturated rings. The highest BCUT2D eigenvalue weighted by atomic mass is 79.9. The van der Waals surface area contributed by atoms with Crippen LogP contribution < -0.4 is 19.5 Å². The van der Waals surface area contributed by atoms with E-state index in [0.29, 0.717) is 34.7 Å². The lowest BCUT2D eigenvalue weighted by atomic mass is 10.1. The summed E-state index contributed by atoms with van der Waals surface area (Å²) >= 11 is 3.46. The van der Waals surface area contributed by atoms with Crippen molar-refractivity contribution < 1.29 is 14.2 Å². The highest BCUT2D eigenvalue weighted by Gasteiger charge is 2.17. The summed E-state index contributed by atoms with van der Waals surface area (Å²) in [5.74, 6) is 2.64. The van der Waals surface area contributed by atoms with Crippen molar-refractivity contribution in [2.24, 2.45) is 0 Å². The minimum Gasteiger partial charge on any atom is -0.493 e. The summed E-state index contributed by atoms with van der Waals surface area (Å²) in [7, 11) is 4.71. The summed E-state index contributed by atoms with van der Waals surface area (Å²) < 4.78 is 18.9. The zero-order valence-corrected chi connectivity index (χ0v) is 17.6. The van der Waals surface area contributed by atoms with Crippen LogP contribution in [0.15, 0.2) is 53.1 Å². The van der Waals surface area contributed by atoms with Gasteiger partial charge in [0.25, 0.3) is 0 Å². The van der Waals surface area contributed by atoms with E-state index in [0.717, 1.165) is 15.7 Å². The maximum absolute atomic E-state index is 5.45. The molecule has 0 saturated carbocycles. The number of hydrogen-bond acceptors (Lipinski definition) is 7. The number of benzene rings is 2. The van der Waals surface area contributed by atoms with E-state index in [4.69, 9.17) is 14.2 Å². The smallest absolute Gasteiger partial charge is 0.247 e. The molecule has 2 aromatic carbocycles. The first-order valence-corrected chi connectivity index (χ1v) is 9.47. The Kier molecular flexibility index (Phi) is 5.22. The van der Waals surface area contributed by atoms with Crippen LogP contribution >= 0.6 is 15.9 Å². The molecule has 0 radical (unpaired) electrons. The summed E-state index contributed by atoms with van der Waals surface area (Å²) in [6.07, 6.45) is 1.69. The second-order valence-electron chi connectivity index (χ2n) is 6.02. The highest BCUT2D eigenvalue weighted by molar-refractivity contribution is 9.10. The van der Waals surface area contributed by atoms with Gasteiger partial charge in [-0.05, 0) is 30.3 Å². The van der Waals surface area contributed by atoms with Gasteiger partial charge in [0.1, 0.15) is 0 Å². The van der Waals surface area contributed by atoms with Crippen LogP contribution in [0.3, 0.4) is 0 Å². The monoisotopic (exact) mass is 455 g/mol. The molecule has 4 aromatic rings. The number of anilines is 2. The molecule has 2 heterocycles. The fourth-order valence-electron chi connectivity index (χ4n) is 2.97. The van der Waals surface area contributed by atoms with Gasteiger partial charge in [0.05, 0.1) is 21.3 Å². The molecule has 0 bridgehead atoms. The third-order valence-electron chi connectivity index (χ3n) is 4.26. The number of hydrogen-bond donors (Lipinski definition) is 1. The zero-order valence-electron chi connectivity index (χ0n) is 16.0. The molecule has 148 valence electrons. The number of halogens is 1. The Balaban J connectivity index is 1.80. The van der Waals surface area contributed by atoms with Crippen molar-refractivity contribution in [3.05, 3.63) is 53.1 Å². The fourth-order valence-corrected chi connectivity index (χ4v) is 3.37. The molecule has 0 aliphatic carbocycles. The number of nitrogens with zero attached hydrogens (tertiary/aromatic N) is 4. The summed E-state index contributed by atoms with van der Waals surface area (Å²) in [5.41, 5.74) is 2.28. The predicted octanol–water partition coefficient (Wildman–Crippen LogP) is 4.32. The van der Waals surface area contributed by atoms with Crippen molar-refractivity contribution in [3.63, 3.8) is 0 Å². The summed E-state index contributed by atoms with van der Waals surface area (Å²) in [6, 6.07) is 13.2. The van der Waals surface area contributed by atoms with Gasteiger partial charge in [0.15, 0.2) is 23.0 Å². The van der Waals surface area contributed by atoms with Gasteiger partial charge in [-0.2, -0.15) is 9.50 Å². The lowest BCUT2D eigenvalue weighted by molar-refractivity contribution is 0.324. The van der Waals surface area contributed by atoms with Crippen LogP contribution in [0.4, 0.5) is 11.6 Å². The molecule has 0 amide bonds. The van der Waals surface area contributed by atoms with Crippen LogP contribution in [0.5, 0.6) is 17.2 Å². The van der Waals surface area contributed by atoms with Gasteiger partial charge in [-0.25, -0.2) is 4.98 Å².